The van der Waals surface area contributed by atoms with E-state index in [0.29, 0.717) is 12.1 Å². The largest absolute Gasteiger partial charge is 0.387 e. The first-order valence-corrected chi connectivity index (χ1v) is 7.98. The molecular weight excluding hydrogens is 324 g/mol. The van der Waals surface area contributed by atoms with Crippen LogP contribution in [0.1, 0.15) is 40.3 Å². The van der Waals surface area contributed by atoms with E-state index >= 15 is 0 Å². The molecule has 8 nitrogen and oxygen atoms in total. The smallest absolute Gasteiger partial charge is 0.322 e. The third-order valence-electron chi connectivity index (χ3n) is 4.10. The normalized spacial score (nSPS) is 12.0. The molecule has 0 spiro atoms. The van der Waals surface area contributed by atoms with Gasteiger partial charge in [0.15, 0.2) is 0 Å². The summed E-state index contributed by atoms with van der Waals surface area (Å²) in [7, 11) is 1.50. The molecule has 0 fully saturated rings. The first-order chi connectivity index (χ1) is 11.8. The third-order valence-corrected chi connectivity index (χ3v) is 4.10. The lowest BCUT2D eigenvalue weighted by molar-refractivity contribution is -0.385. The van der Waals surface area contributed by atoms with Crippen LogP contribution in [0.3, 0.4) is 0 Å². The van der Waals surface area contributed by atoms with Crippen LogP contribution >= 0.6 is 0 Å². The Morgan fingerprint density at radius 2 is 1.96 bits per heavy atom. The van der Waals surface area contributed by atoms with Gasteiger partial charge in [-0.05, 0) is 26.3 Å². The van der Waals surface area contributed by atoms with E-state index in [9.17, 15) is 20.0 Å². The Hall–Kier alpha value is -2.74. The molecule has 0 radical (unpaired) electrons. The number of aromatic nitrogens is 2. The fourth-order valence-corrected chi connectivity index (χ4v) is 2.71. The van der Waals surface area contributed by atoms with Crippen molar-refractivity contribution in [2.45, 2.75) is 26.9 Å². The zero-order chi connectivity index (χ0) is 18.7. The van der Waals surface area contributed by atoms with Crippen LogP contribution in [0.4, 0.5) is 5.69 Å². The summed E-state index contributed by atoms with van der Waals surface area (Å²) in [5.41, 5.74) is 1.56. The number of amides is 1. The van der Waals surface area contributed by atoms with Crippen LogP contribution in [-0.2, 0) is 7.05 Å². The molecule has 25 heavy (non-hydrogen) atoms. The molecule has 0 aliphatic rings. The number of carbonyl (C=O) groups is 1. The van der Waals surface area contributed by atoms with Crippen LogP contribution in [0.2, 0.25) is 0 Å². The molecule has 0 saturated heterocycles. The highest BCUT2D eigenvalue weighted by molar-refractivity contribution is 5.97. The molecule has 134 valence electrons. The number of likely N-dealkylation sites (N-methyl/N-ethyl adjacent to an activating group) is 1. The molecule has 1 amide bonds. The summed E-state index contributed by atoms with van der Waals surface area (Å²) in [6.07, 6.45) is -0.877. The van der Waals surface area contributed by atoms with Crippen LogP contribution in [0.5, 0.6) is 0 Å². The first-order valence-electron chi connectivity index (χ1n) is 7.98. The average Bonchev–Trinajstić information content (AvgIpc) is 2.86. The standard InChI is InChI=1S/C17H22N4O4/c1-5-20(10-14(22)13-8-6-11(2)7-9-13)17(23)16-15(21(24)25)12(3)18-19(16)4/h6-9,14,22H,5,10H2,1-4H3. The second kappa shape index (κ2) is 7.43. The molecule has 2 rings (SSSR count). The fraction of sp³-hybridized carbons (Fsp3) is 0.412. The van der Waals surface area contributed by atoms with Gasteiger partial charge >= 0.3 is 5.69 Å². The summed E-state index contributed by atoms with van der Waals surface area (Å²) in [5.74, 6) is -0.525. The van der Waals surface area contributed by atoms with Crippen molar-refractivity contribution in [3.8, 4) is 0 Å². The van der Waals surface area contributed by atoms with Gasteiger partial charge in [-0.1, -0.05) is 29.8 Å². The molecule has 1 unspecified atom stereocenters. The molecule has 1 N–H and O–H groups in total. The maximum atomic E-state index is 12.8. The average molecular weight is 346 g/mol. The minimum Gasteiger partial charge on any atom is -0.387 e. The van der Waals surface area contributed by atoms with Crippen LogP contribution in [-0.4, -0.2) is 43.7 Å². The third kappa shape index (κ3) is 3.85. The Labute approximate surface area is 145 Å². The number of rotatable bonds is 6. The monoisotopic (exact) mass is 346 g/mol. The summed E-state index contributed by atoms with van der Waals surface area (Å²) in [6.45, 7) is 5.55. The molecule has 1 atom stereocenters. The number of benzene rings is 1. The predicted octanol–water partition coefficient (Wildman–Crippen LogP) is 2.14. The summed E-state index contributed by atoms with van der Waals surface area (Å²) < 4.78 is 1.22. The van der Waals surface area contributed by atoms with Crippen molar-refractivity contribution in [1.29, 1.82) is 0 Å². The van der Waals surface area contributed by atoms with Crippen LogP contribution in [0.15, 0.2) is 24.3 Å². The molecule has 1 aromatic heterocycles. The number of carbonyl (C=O) groups excluding carboxylic acids is 1. The molecule has 0 aliphatic heterocycles. The fourth-order valence-electron chi connectivity index (χ4n) is 2.71. The van der Waals surface area contributed by atoms with Crippen molar-refractivity contribution in [2.24, 2.45) is 7.05 Å². The Morgan fingerprint density at radius 1 is 1.36 bits per heavy atom. The SMILES string of the molecule is CCN(CC(O)c1ccc(C)cc1)C(=O)c1c([N+](=O)[O-])c(C)nn1C. The molecule has 0 saturated carbocycles. The number of nitrogens with zero attached hydrogens (tertiary/aromatic N) is 4. The Balaban J connectivity index is 2.27. The number of hydrogen-bond donors (Lipinski definition) is 1. The summed E-state index contributed by atoms with van der Waals surface area (Å²) in [5, 5.41) is 25.7. The van der Waals surface area contributed by atoms with Crippen molar-refractivity contribution in [1.82, 2.24) is 14.7 Å². The van der Waals surface area contributed by atoms with Crippen LogP contribution in [0.25, 0.3) is 0 Å². The maximum Gasteiger partial charge on any atom is 0.322 e. The molecule has 2 aromatic rings. The van der Waals surface area contributed by atoms with E-state index in [-0.39, 0.29) is 23.6 Å². The second-order valence-corrected chi connectivity index (χ2v) is 5.93. The van der Waals surface area contributed by atoms with Gasteiger partial charge in [-0.15, -0.1) is 0 Å². The van der Waals surface area contributed by atoms with Gasteiger partial charge in [-0.2, -0.15) is 5.10 Å². The lowest BCUT2D eigenvalue weighted by Crippen LogP contribution is -2.36. The van der Waals surface area contributed by atoms with E-state index in [1.54, 1.807) is 19.1 Å². The van der Waals surface area contributed by atoms with Gasteiger partial charge in [0, 0.05) is 13.6 Å². The molecule has 0 aliphatic carbocycles. The zero-order valence-corrected chi connectivity index (χ0v) is 14.8. The lowest BCUT2D eigenvalue weighted by atomic mass is 10.1. The number of hydrogen-bond acceptors (Lipinski definition) is 5. The highest BCUT2D eigenvalue weighted by Crippen LogP contribution is 2.24. The van der Waals surface area contributed by atoms with Crippen molar-refractivity contribution in [2.75, 3.05) is 13.1 Å². The highest BCUT2D eigenvalue weighted by atomic mass is 16.6. The van der Waals surface area contributed by atoms with Crippen molar-refractivity contribution in [3.63, 3.8) is 0 Å². The maximum absolute atomic E-state index is 12.8. The van der Waals surface area contributed by atoms with Gasteiger partial charge in [0.1, 0.15) is 5.69 Å². The molecular formula is C17H22N4O4. The Morgan fingerprint density at radius 3 is 2.48 bits per heavy atom. The van der Waals surface area contributed by atoms with E-state index in [1.165, 1.54) is 23.6 Å². The summed E-state index contributed by atoms with van der Waals surface area (Å²) in [4.78, 5) is 24.9. The zero-order valence-electron chi connectivity index (χ0n) is 14.8. The molecule has 0 bridgehead atoms. The number of aliphatic hydroxyl groups excluding tert-OH is 1. The predicted molar refractivity (Wildman–Crippen MR) is 92.3 cm³/mol. The molecule has 1 heterocycles. The second-order valence-electron chi connectivity index (χ2n) is 5.93. The van der Waals surface area contributed by atoms with Crippen LogP contribution < -0.4 is 0 Å². The molecule has 8 heteroatoms. The van der Waals surface area contributed by atoms with E-state index < -0.39 is 16.9 Å². The van der Waals surface area contributed by atoms with Gasteiger partial charge in [0.2, 0.25) is 5.69 Å². The quantitative estimate of drug-likeness (QED) is 0.638. The molecule has 1 aromatic carbocycles. The van der Waals surface area contributed by atoms with Gasteiger partial charge in [0.05, 0.1) is 17.6 Å². The van der Waals surface area contributed by atoms with Crippen molar-refractivity contribution >= 4 is 11.6 Å². The summed E-state index contributed by atoms with van der Waals surface area (Å²) in [6, 6.07) is 7.36. The van der Waals surface area contributed by atoms with Gasteiger partial charge in [-0.25, -0.2) is 0 Å². The number of aryl methyl sites for hydroxylation is 3. The number of aliphatic hydroxyl groups is 1. The highest BCUT2D eigenvalue weighted by Gasteiger charge is 2.32. The minimum absolute atomic E-state index is 0.0414. The van der Waals surface area contributed by atoms with E-state index in [2.05, 4.69) is 5.10 Å². The van der Waals surface area contributed by atoms with Crippen LogP contribution in [0, 0.1) is 24.0 Å². The number of nitro groups is 1. The topological polar surface area (TPSA) is 102 Å². The van der Waals surface area contributed by atoms with E-state index in [1.807, 2.05) is 19.1 Å². The van der Waals surface area contributed by atoms with Gasteiger partial charge < -0.3 is 10.0 Å². The minimum atomic E-state index is -0.877. The van der Waals surface area contributed by atoms with Gasteiger partial charge in [0.25, 0.3) is 5.91 Å². The lowest BCUT2D eigenvalue weighted by Gasteiger charge is -2.24. The van der Waals surface area contributed by atoms with E-state index in [0.717, 1.165) is 5.56 Å². The van der Waals surface area contributed by atoms with Crippen molar-refractivity contribution in [3.05, 3.63) is 56.9 Å². The Kier molecular flexibility index (Phi) is 5.53. The van der Waals surface area contributed by atoms with Crippen molar-refractivity contribution < 1.29 is 14.8 Å². The summed E-state index contributed by atoms with van der Waals surface area (Å²) >= 11 is 0. The Bertz CT molecular complexity index is 783. The van der Waals surface area contributed by atoms with E-state index in [4.69, 9.17) is 0 Å². The first kappa shape index (κ1) is 18.6. The van der Waals surface area contributed by atoms with Gasteiger partial charge in [-0.3, -0.25) is 19.6 Å².